The van der Waals surface area contributed by atoms with Gasteiger partial charge in [-0.2, -0.15) is 0 Å². The second-order valence-electron chi connectivity index (χ2n) is 10.5. The van der Waals surface area contributed by atoms with E-state index in [1.54, 1.807) is 72.8 Å². The van der Waals surface area contributed by atoms with Gasteiger partial charge in [0.25, 0.3) is 5.91 Å². The summed E-state index contributed by atoms with van der Waals surface area (Å²) < 4.78 is 12.2. The number of aliphatic hydroxyl groups excluding tert-OH is 1. The van der Waals surface area contributed by atoms with Crippen LogP contribution in [0.2, 0.25) is 0 Å². The van der Waals surface area contributed by atoms with Gasteiger partial charge in [-0.1, -0.05) is 65.2 Å². The topological polar surface area (TPSA) is 181 Å². The van der Waals surface area contributed by atoms with Gasteiger partial charge in [-0.05, 0) is 53.7 Å². The number of hydrogen-bond donors (Lipinski definition) is 2. The number of hydrazine groups is 1. The summed E-state index contributed by atoms with van der Waals surface area (Å²) in [4.78, 5) is 25.6. The number of piperidine rings is 1. The van der Waals surface area contributed by atoms with E-state index < -0.39 is 17.6 Å². The Morgan fingerprint density at radius 1 is 1.00 bits per heavy atom. The molecule has 13 heteroatoms. The zero-order valence-corrected chi connectivity index (χ0v) is 24.1. The van der Waals surface area contributed by atoms with Crippen molar-refractivity contribution in [2.45, 2.75) is 43.7 Å². The highest BCUT2D eigenvalue weighted by Crippen LogP contribution is 2.46. The molecule has 1 saturated heterocycles. The van der Waals surface area contributed by atoms with Crippen LogP contribution in [0, 0.1) is 0 Å². The van der Waals surface area contributed by atoms with Crippen LogP contribution in [0.3, 0.4) is 0 Å². The van der Waals surface area contributed by atoms with Crippen molar-refractivity contribution in [1.29, 1.82) is 0 Å². The van der Waals surface area contributed by atoms with Crippen LogP contribution in [0.25, 0.3) is 20.9 Å². The van der Waals surface area contributed by atoms with Gasteiger partial charge < -0.3 is 14.6 Å². The van der Waals surface area contributed by atoms with Crippen molar-refractivity contribution in [2.75, 3.05) is 26.3 Å². The molecule has 3 aromatic rings. The highest BCUT2D eigenvalue weighted by Gasteiger charge is 2.54. The first-order chi connectivity index (χ1) is 21.6. The van der Waals surface area contributed by atoms with Crippen molar-refractivity contribution in [1.82, 2.24) is 10.4 Å². The number of ether oxygens (including phenoxy) is 2. The Bertz CT molecular complexity index is 1590. The van der Waals surface area contributed by atoms with Gasteiger partial charge in [-0.25, -0.2) is 10.0 Å². The number of carbonyl (C=O) groups is 1. The smallest absolute Gasteiger partial charge is 0.266 e. The number of aliphatic imine (C=N–C) groups is 1. The summed E-state index contributed by atoms with van der Waals surface area (Å²) in [5.74, 6) is 0.445. The molecule has 226 valence electrons. The molecule has 2 N–H and O–H groups in total. The van der Waals surface area contributed by atoms with Gasteiger partial charge in [-0.3, -0.25) is 10.2 Å². The van der Waals surface area contributed by atoms with E-state index in [4.69, 9.17) is 19.6 Å². The average Bonchev–Trinajstić information content (AvgIpc) is 3.44. The van der Waals surface area contributed by atoms with Crippen molar-refractivity contribution in [3.63, 3.8) is 0 Å². The molecule has 0 radical (unpaired) electrons. The third kappa shape index (κ3) is 6.77. The molecule has 2 aliphatic heterocycles. The van der Waals surface area contributed by atoms with Gasteiger partial charge in [0.2, 0.25) is 5.90 Å². The number of carbonyl (C=O) groups excluding carboxylic acids is 1. The number of benzene rings is 3. The second kappa shape index (κ2) is 14.4. The van der Waals surface area contributed by atoms with Crippen LogP contribution in [-0.4, -0.2) is 53.8 Å². The van der Waals surface area contributed by atoms with Gasteiger partial charge >= 0.3 is 0 Å². The van der Waals surface area contributed by atoms with Gasteiger partial charge in [0, 0.05) is 64.9 Å². The Kier molecular flexibility index (Phi) is 9.96. The van der Waals surface area contributed by atoms with Crippen LogP contribution in [0.4, 0.5) is 11.4 Å². The van der Waals surface area contributed by atoms with Crippen LogP contribution < -0.4 is 10.2 Å². The van der Waals surface area contributed by atoms with E-state index in [9.17, 15) is 15.9 Å². The molecule has 0 aliphatic carbocycles. The number of azide groups is 2. The molecule has 0 spiro atoms. The molecule has 13 nitrogen and oxygen atoms in total. The Morgan fingerprint density at radius 2 is 1.68 bits per heavy atom. The van der Waals surface area contributed by atoms with Crippen LogP contribution in [0.15, 0.2) is 88.0 Å². The maximum Gasteiger partial charge on any atom is 0.266 e. The minimum absolute atomic E-state index is 0.0307. The van der Waals surface area contributed by atoms with E-state index in [1.807, 2.05) is 5.01 Å². The maximum absolute atomic E-state index is 14.6. The van der Waals surface area contributed by atoms with Gasteiger partial charge in [0.05, 0.1) is 6.61 Å². The summed E-state index contributed by atoms with van der Waals surface area (Å²) in [5.41, 5.74) is 22.5. The summed E-state index contributed by atoms with van der Waals surface area (Å²) in [7, 11) is 0. The molecular formula is C31H33N9O4. The minimum Gasteiger partial charge on any atom is -0.494 e. The zero-order valence-electron chi connectivity index (χ0n) is 24.1. The molecule has 1 fully saturated rings. The van der Waals surface area contributed by atoms with Crippen molar-refractivity contribution < 1.29 is 19.4 Å². The molecule has 5 rings (SSSR count). The molecule has 0 bridgehead atoms. The van der Waals surface area contributed by atoms with Gasteiger partial charge in [0.1, 0.15) is 5.75 Å². The van der Waals surface area contributed by atoms with Crippen LogP contribution >= 0.6 is 0 Å². The number of rotatable bonds is 12. The molecule has 44 heavy (non-hydrogen) atoms. The lowest BCUT2D eigenvalue weighted by molar-refractivity contribution is -0.134. The molecule has 0 saturated carbocycles. The number of nitrogens with zero attached hydrogens (tertiary/aromatic N) is 8. The number of nitrogens with one attached hydrogen (secondary N) is 1. The van der Waals surface area contributed by atoms with E-state index in [2.05, 4.69) is 25.5 Å². The Labute approximate surface area is 254 Å². The SMILES string of the molecule is [N-]=[N+]=Nc1ccccc1C[C@]1(C(=O)NN2CCCCC2)N=C(c2ccc(OCCCO)cc2)O[C@H]1c1ccccc1N=[N+]=[N-]. The fraction of sp³-hybridized carbons (Fsp3) is 0.355. The van der Waals surface area contributed by atoms with Gasteiger partial charge in [0.15, 0.2) is 11.6 Å². The molecule has 1 amide bonds. The monoisotopic (exact) mass is 595 g/mol. The standard InChI is InChI=1S/C31H33N9O4/c32-38-35-26-11-4-2-9-23(26)21-31(30(42)37-40-17-6-1-7-18-40)28(25-10-3-5-12-27(25)36-39-33)44-29(34-31)22-13-15-24(16-14-22)43-20-8-19-41/h2-5,9-16,28,41H,1,6-8,17-21H2,(H,37,42)/t28-,31-/m0/s1. The highest BCUT2D eigenvalue weighted by molar-refractivity contribution is 6.01. The van der Waals surface area contributed by atoms with Crippen molar-refractivity contribution in [3.8, 4) is 5.75 Å². The second-order valence-corrected chi connectivity index (χ2v) is 10.5. The summed E-state index contributed by atoms with van der Waals surface area (Å²) in [6.07, 6.45) is 2.54. The average molecular weight is 596 g/mol. The fourth-order valence-electron chi connectivity index (χ4n) is 5.45. The molecule has 2 aliphatic rings. The zero-order chi connectivity index (χ0) is 30.8. The van der Waals surface area contributed by atoms with E-state index >= 15 is 0 Å². The number of amides is 1. The summed E-state index contributed by atoms with van der Waals surface area (Å²) in [6.45, 7) is 1.81. The molecule has 2 heterocycles. The van der Waals surface area contributed by atoms with Crippen molar-refractivity contribution >= 4 is 23.2 Å². The first kappa shape index (κ1) is 30.4. The van der Waals surface area contributed by atoms with E-state index in [0.717, 1.165) is 19.3 Å². The van der Waals surface area contributed by atoms with Crippen molar-refractivity contribution in [2.24, 2.45) is 15.2 Å². The Morgan fingerprint density at radius 3 is 2.41 bits per heavy atom. The third-order valence-electron chi connectivity index (χ3n) is 7.62. The normalized spacial score (nSPS) is 19.6. The molecular weight excluding hydrogens is 562 g/mol. The molecule has 2 atom stereocenters. The largest absolute Gasteiger partial charge is 0.494 e. The number of hydrogen-bond acceptors (Lipinski definition) is 8. The Hall–Kier alpha value is -5.06. The first-order valence-electron chi connectivity index (χ1n) is 14.5. The Balaban J connectivity index is 1.64. The minimum atomic E-state index is -1.58. The number of aliphatic hydroxyl groups is 1. The lowest BCUT2D eigenvalue weighted by atomic mass is 9.81. The van der Waals surface area contributed by atoms with Crippen LogP contribution in [0.5, 0.6) is 5.75 Å². The maximum atomic E-state index is 14.6. The summed E-state index contributed by atoms with van der Waals surface area (Å²) in [5, 5.41) is 18.7. The van der Waals surface area contributed by atoms with Gasteiger partial charge in [-0.15, -0.1) is 0 Å². The van der Waals surface area contributed by atoms with Crippen LogP contribution in [-0.2, 0) is 16.0 Å². The summed E-state index contributed by atoms with van der Waals surface area (Å²) in [6, 6.07) is 21.1. The lowest BCUT2D eigenvalue weighted by Gasteiger charge is -2.35. The van der Waals surface area contributed by atoms with E-state index in [0.29, 0.717) is 59.9 Å². The first-order valence-corrected chi connectivity index (χ1v) is 14.5. The third-order valence-corrected chi connectivity index (χ3v) is 7.62. The van der Waals surface area contributed by atoms with Crippen LogP contribution in [0.1, 0.15) is 48.5 Å². The van der Waals surface area contributed by atoms with E-state index in [1.165, 1.54) is 0 Å². The lowest BCUT2D eigenvalue weighted by Crippen LogP contribution is -2.56. The van der Waals surface area contributed by atoms with E-state index in [-0.39, 0.29) is 18.9 Å². The van der Waals surface area contributed by atoms with Crippen molar-refractivity contribution in [3.05, 3.63) is 110 Å². The molecule has 0 aromatic heterocycles. The highest BCUT2D eigenvalue weighted by atomic mass is 16.5. The molecule has 3 aromatic carbocycles. The summed E-state index contributed by atoms with van der Waals surface area (Å²) >= 11 is 0. The fourth-order valence-corrected chi connectivity index (χ4v) is 5.45. The molecule has 0 unspecified atom stereocenters. The predicted molar refractivity (Wildman–Crippen MR) is 165 cm³/mol. The predicted octanol–water partition coefficient (Wildman–Crippen LogP) is 6.35. The quantitative estimate of drug-likeness (QED) is 0.107.